The quantitative estimate of drug-likeness (QED) is 0.547. The molecule has 0 spiro atoms. The van der Waals surface area contributed by atoms with Crippen molar-refractivity contribution >= 4 is 17.7 Å². The van der Waals surface area contributed by atoms with Gasteiger partial charge in [-0.15, -0.1) is 0 Å². The fourth-order valence-electron chi connectivity index (χ4n) is 4.68. The predicted octanol–water partition coefficient (Wildman–Crippen LogP) is 3.69. The number of rotatable bonds is 6. The van der Waals surface area contributed by atoms with Gasteiger partial charge in [-0.25, -0.2) is 4.79 Å². The van der Waals surface area contributed by atoms with Gasteiger partial charge in [0, 0.05) is 12.7 Å². The van der Waals surface area contributed by atoms with E-state index >= 15 is 0 Å². The Morgan fingerprint density at radius 3 is 2.64 bits per heavy atom. The lowest BCUT2D eigenvalue weighted by Gasteiger charge is -2.26. The van der Waals surface area contributed by atoms with E-state index in [1.807, 2.05) is 36.4 Å². The molecule has 0 radical (unpaired) electrons. The number of aryl methyl sites for hydroxylation is 1. The average molecular weight is 490 g/mol. The second-order valence-electron chi connectivity index (χ2n) is 8.93. The van der Waals surface area contributed by atoms with E-state index in [9.17, 15) is 19.5 Å². The van der Waals surface area contributed by atoms with Gasteiger partial charge in [0.2, 0.25) is 6.79 Å². The van der Waals surface area contributed by atoms with E-state index in [2.05, 4.69) is 5.32 Å². The molecule has 3 aromatic rings. The zero-order chi connectivity index (χ0) is 25.1. The van der Waals surface area contributed by atoms with Crippen molar-refractivity contribution in [2.45, 2.75) is 38.3 Å². The Labute approximate surface area is 207 Å². The Balaban J connectivity index is 1.45. The highest BCUT2D eigenvalue weighted by molar-refractivity contribution is 5.93. The maximum Gasteiger partial charge on any atom is 0.322 e. The summed E-state index contributed by atoms with van der Waals surface area (Å²) in [4.78, 5) is 40.2. The second kappa shape index (κ2) is 10.2. The summed E-state index contributed by atoms with van der Waals surface area (Å²) in [6.45, 7) is 0.847. The first-order valence-electron chi connectivity index (χ1n) is 12.0. The molecular formula is C27H27N3O6. The zero-order valence-electron chi connectivity index (χ0n) is 19.7. The number of nitrogens with one attached hydrogen (secondary N) is 1. The number of aromatic nitrogens is 1. The minimum Gasteiger partial charge on any atom is -0.481 e. The number of hydrogen-bond donors (Lipinski definition) is 2. The summed E-state index contributed by atoms with van der Waals surface area (Å²) in [6, 6.07) is 15.3. The van der Waals surface area contributed by atoms with Gasteiger partial charge in [-0.05, 0) is 54.2 Å². The molecule has 0 fully saturated rings. The molecule has 0 saturated carbocycles. The van der Waals surface area contributed by atoms with Crippen LogP contribution in [0, 0.1) is 0 Å². The van der Waals surface area contributed by atoms with E-state index < -0.39 is 18.0 Å². The van der Waals surface area contributed by atoms with Gasteiger partial charge < -0.3 is 24.5 Å². The summed E-state index contributed by atoms with van der Waals surface area (Å²) in [7, 11) is 0. The molecule has 2 aromatic carbocycles. The SMILES string of the molecule is O=C(O)C[C@H](NC(=O)N1CCCCc2ccn(Cc3ccccc3)c(=O)c21)c1ccc2c(c1)OCO2. The lowest BCUT2D eigenvalue weighted by atomic mass is 10.0. The Morgan fingerprint density at radius 2 is 1.83 bits per heavy atom. The number of amides is 2. The van der Waals surface area contributed by atoms with Gasteiger partial charge in [-0.2, -0.15) is 0 Å². The summed E-state index contributed by atoms with van der Waals surface area (Å²) in [6.07, 6.45) is 3.73. The van der Waals surface area contributed by atoms with Crippen LogP contribution in [0.4, 0.5) is 10.5 Å². The number of pyridine rings is 1. The Kier molecular flexibility index (Phi) is 6.62. The van der Waals surface area contributed by atoms with Crippen molar-refractivity contribution in [3.8, 4) is 11.5 Å². The molecule has 5 rings (SSSR count). The molecule has 9 nitrogen and oxygen atoms in total. The fourth-order valence-corrected chi connectivity index (χ4v) is 4.68. The van der Waals surface area contributed by atoms with Gasteiger partial charge >= 0.3 is 12.0 Å². The number of fused-ring (bicyclic) bond motifs is 2. The highest BCUT2D eigenvalue weighted by Gasteiger charge is 2.29. The summed E-state index contributed by atoms with van der Waals surface area (Å²) < 4.78 is 12.4. The number of aliphatic carboxylic acids is 1. The van der Waals surface area contributed by atoms with Gasteiger partial charge in [0.25, 0.3) is 5.56 Å². The van der Waals surface area contributed by atoms with Crippen LogP contribution in [-0.4, -0.2) is 35.0 Å². The molecule has 2 aliphatic heterocycles. The third-order valence-corrected chi connectivity index (χ3v) is 6.49. The van der Waals surface area contributed by atoms with Crippen LogP contribution >= 0.6 is 0 Å². The van der Waals surface area contributed by atoms with Crippen molar-refractivity contribution in [3.63, 3.8) is 0 Å². The third-order valence-electron chi connectivity index (χ3n) is 6.49. The number of benzene rings is 2. The van der Waals surface area contributed by atoms with Crippen molar-refractivity contribution in [3.05, 3.63) is 87.8 Å². The predicted molar refractivity (Wildman–Crippen MR) is 133 cm³/mol. The van der Waals surface area contributed by atoms with Gasteiger partial charge in [0.05, 0.1) is 19.0 Å². The largest absolute Gasteiger partial charge is 0.481 e. The molecule has 186 valence electrons. The molecule has 0 aliphatic carbocycles. The highest BCUT2D eigenvalue weighted by Crippen LogP contribution is 2.35. The normalized spacial score (nSPS) is 15.1. The monoisotopic (exact) mass is 489 g/mol. The molecule has 1 atom stereocenters. The minimum absolute atomic E-state index is 0.0918. The van der Waals surface area contributed by atoms with Crippen LogP contribution in [0.3, 0.4) is 0 Å². The molecule has 36 heavy (non-hydrogen) atoms. The standard InChI is InChI=1S/C27H27N3O6/c31-24(32)15-21(20-9-10-22-23(14-20)36-17-35-22)28-27(34)30-12-5-4-8-19-11-13-29(26(33)25(19)30)16-18-6-2-1-3-7-18/h1-3,6-7,9-11,13-14,21H,4-5,8,12,15-17H2,(H,28,34)(H,31,32)/t21-/m0/s1. The molecular weight excluding hydrogens is 462 g/mol. The van der Waals surface area contributed by atoms with Gasteiger partial charge in [0.1, 0.15) is 5.69 Å². The third kappa shape index (κ3) is 4.91. The van der Waals surface area contributed by atoms with Gasteiger partial charge in [-0.3, -0.25) is 14.5 Å². The summed E-state index contributed by atoms with van der Waals surface area (Å²) >= 11 is 0. The van der Waals surface area contributed by atoms with Crippen molar-refractivity contribution in [1.29, 1.82) is 0 Å². The average Bonchev–Trinajstić information content (AvgIpc) is 3.23. The minimum atomic E-state index is -1.06. The van der Waals surface area contributed by atoms with E-state index in [1.165, 1.54) is 4.90 Å². The first kappa shape index (κ1) is 23.5. The van der Waals surface area contributed by atoms with Crippen molar-refractivity contribution in [1.82, 2.24) is 9.88 Å². The summed E-state index contributed by atoms with van der Waals surface area (Å²) in [5.74, 6) is 0.0140. The van der Waals surface area contributed by atoms with Crippen molar-refractivity contribution in [2.75, 3.05) is 18.2 Å². The lowest BCUT2D eigenvalue weighted by molar-refractivity contribution is -0.137. The highest BCUT2D eigenvalue weighted by atomic mass is 16.7. The molecule has 0 saturated heterocycles. The van der Waals surface area contributed by atoms with Crippen LogP contribution in [0.2, 0.25) is 0 Å². The number of hydrogen-bond acceptors (Lipinski definition) is 5. The Hall–Kier alpha value is -4.27. The van der Waals surface area contributed by atoms with Gasteiger partial charge in [-0.1, -0.05) is 36.4 Å². The van der Waals surface area contributed by atoms with Crippen LogP contribution < -0.4 is 25.2 Å². The maximum atomic E-state index is 13.6. The van der Waals surface area contributed by atoms with E-state index in [1.54, 1.807) is 29.0 Å². The number of anilines is 1. The fraction of sp³-hybridized carbons (Fsp3) is 0.296. The number of ether oxygens (including phenoxy) is 2. The number of nitrogens with zero attached hydrogens (tertiary/aromatic N) is 2. The maximum absolute atomic E-state index is 13.6. The van der Waals surface area contributed by atoms with E-state index in [-0.39, 0.29) is 18.8 Å². The number of carboxylic acid groups (broad SMARTS) is 1. The smallest absolute Gasteiger partial charge is 0.322 e. The first-order valence-corrected chi connectivity index (χ1v) is 12.0. The van der Waals surface area contributed by atoms with E-state index in [4.69, 9.17) is 9.47 Å². The van der Waals surface area contributed by atoms with Crippen LogP contribution in [-0.2, 0) is 17.8 Å². The van der Waals surface area contributed by atoms with Crippen LogP contribution in [0.1, 0.15) is 42.0 Å². The van der Waals surface area contributed by atoms with Gasteiger partial charge in [0.15, 0.2) is 11.5 Å². The summed E-state index contributed by atoms with van der Waals surface area (Å²) in [5, 5.41) is 12.4. The molecule has 1 aromatic heterocycles. The molecule has 0 bridgehead atoms. The lowest BCUT2D eigenvalue weighted by Crippen LogP contribution is -2.45. The van der Waals surface area contributed by atoms with Crippen LogP contribution in [0.15, 0.2) is 65.6 Å². The Bertz CT molecular complexity index is 1340. The molecule has 3 heterocycles. The number of carboxylic acids is 1. The number of carbonyl (C=O) groups is 2. The first-order chi connectivity index (χ1) is 17.5. The topological polar surface area (TPSA) is 110 Å². The zero-order valence-corrected chi connectivity index (χ0v) is 19.7. The van der Waals surface area contributed by atoms with Crippen LogP contribution in [0.25, 0.3) is 0 Å². The van der Waals surface area contributed by atoms with E-state index in [0.29, 0.717) is 42.3 Å². The summed E-state index contributed by atoms with van der Waals surface area (Å²) in [5.41, 5.74) is 2.48. The molecule has 2 N–H and O–H groups in total. The van der Waals surface area contributed by atoms with E-state index in [0.717, 1.165) is 24.0 Å². The van der Waals surface area contributed by atoms with Crippen molar-refractivity contribution < 1.29 is 24.2 Å². The van der Waals surface area contributed by atoms with Crippen LogP contribution in [0.5, 0.6) is 11.5 Å². The Morgan fingerprint density at radius 1 is 1.03 bits per heavy atom. The number of carbonyl (C=O) groups excluding carboxylic acids is 1. The second-order valence-corrected chi connectivity index (χ2v) is 8.93. The number of urea groups is 1. The molecule has 2 aliphatic rings. The van der Waals surface area contributed by atoms with Crippen molar-refractivity contribution in [2.24, 2.45) is 0 Å². The molecule has 9 heteroatoms. The molecule has 2 amide bonds. The molecule has 0 unspecified atom stereocenters.